The van der Waals surface area contributed by atoms with Gasteiger partial charge in [0.2, 0.25) is 11.8 Å². The van der Waals surface area contributed by atoms with E-state index in [-0.39, 0.29) is 24.0 Å². The molecular weight excluding hydrogens is 638 g/mol. The van der Waals surface area contributed by atoms with Crippen molar-refractivity contribution in [1.82, 2.24) is 5.32 Å². The second-order valence-electron chi connectivity index (χ2n) is 11.5. The van der Waals surface area contributed by atoms with Crippen LogP contribution in [0.25, 0.3) is 0 Å². The van der Waals surface area contributed by atoms with Crippen LogP contribution in [0.1, 0.15) is 24.0 Å². The fraction of sp³-hybridized carbons (Fsp3) is 0.237. The minimum atomic E-state index is -0.678. The average molecular weight is 680 g/mol. The monoisotopic (exact) mass is 679 g/mol. The lowest BCUT2D eigenvalue weighted by atomic mass is 10.0. The van der Waals surface area contributed by atoms with Gasteiger partial charge >= 0.3 is 12.0 Å². The van der Waals surface area contributed by atoms with E-state index in [4.69, 9.17) is 9.47 Å². The number of anilines is 4. The minimum absolute atomic E-state index is 0.197. The molecule has 0 fully saturated rings. The van der Waals surface area contributed by atoms with E-state index < -0.39 is 42.8 Å². The summed E-state index contributed by atoms with van der Waals surface area (Å²) in [7, 11) is 4.55. The summed E-state index contributed by atoms with van der Waals surface area (Å²) in [4.78, 5) is 69.4. The molecule has 0 radical (unpaired) electrons. The van der Waals surface area contributed by atoms with Gasteiger partial charge in [-0.25, -0.2) is 4.79 Å². The summed E-state index contributed by atoms with van der Waals surface area (Å²) < 4.78 is 10.8. The first-order valence-electron chi connectivity index (χ1n) is 15.9. The SMILES string of the molecule is COC(=O)C(C)c1cccc(NC(=O)NCC(=O)N(CC(=O)N(C)c2ccccc2)c2ccccc2OCC(=O)N(C)c2cccc(C)c2)c1. The largest absolute Gasteiger partial charge is 0.482 e. The maximum absolute atomic E-state index is 13.8. The van der Waals surface area contributed by atoms with Crippen LogP contribution in [-0.2, 0) is 23.9 Å². The maximum atomic E-state index is 13.8. The summed E-state index contributed by atoms with van der Waals surface area (Å²) in [6.07, 6.45) is 0. The number of ether oxygens (including phenoxy) is 2. The molecule has 0 aliphatic rings. The number of urea groups is 1. The number of carbonyl (C=O) groups excluding carboxylic acids is 5. The summed E-state index contributed by atoms with van der Waals surface area (Å²) >= 11 is 0. The van der Waals surface area contributed by atoms with Crippen LogP contribution in [0.15, 0.2) is 103 Å². The van der Waals surface area contributed by atoms with Crippen molar-refractivity contribution in [3.63, 3.8) is 0 Å². The van der Waals surface area contributed by atoms with E-state index in [1.807, 2.05) is 37.3 Å². The van der Waals surface area contributed by atoms with Crippen molar-refractivity contribution in [3.05, 3.63) is 114 Å². The number of nitrogens with one attached hydrogen (secondary N) is 2. The highest BCUT2D eigenvalue weighted by molar-refractivity contribution is 6.06. The Hall–Kier alpha value is -6.17. The molecule has 0 saturated carbocycles. The number of para-hydroxylation sites is 3. The van der Waals surface area contributed by atoms with Crippen molar-refractivity contribution in [2.75, 3.05) is 60.9 Å². The third-order valence-electron chi connectivity index (χ3n) is 7.98. The average Bonchev–Trinajstić information content (AvgIpc) is 3.14. The van der Waals surface area contributed by atoms with Gasteiger partial charge < -0.3 is 29.9 Å². The molecule has 4 aromatic rings. The summed E-state index contributed by atoms with van der Waals surface area (Å²) in [6.45, 7) is 2.42. The third-order valence-corrected chi connectivity index (χ3v) is 7.98. The van der Waals surface area contributed by atoms with Crippen molar-refractivity contribution in [2.24, 2.45) is 0 Å². The first-order valence-corrected chi connectivity index (χ1v) is 15.9. The lowest BCUT2D eigenvalue weighted by Gasteiger charge is -2.27. The van der Waals surface area contributed by atoms with Gasteiger partial charge in [0.1, 0.15) is 12.3 Å². The topological polar surface area (TPSA) is 138 Å². The van der Waals surface area contributed by atoms with Crippen molar-refractivity contribution >= 4 is 52.5 Å². The Morgan fingerprint density at radius 1 is 0.740 bits per heavy atom. The Kier molecular flexibility index (Phi) is 12.7. The smallest absolute Gasteiger partial charge is 0.319 e. The van der Waals surface area contributed by atoms with E-state index in [0.717, 1.165) is 5.56 Å². The second-order valence-corrected chi connectivity index (χ2v) is 11.5. The molecule has 0 heterocycles. The molecule has 12 heteroatoms. The van der Waals surface area contributed by atoms with Gasteiger partial charge in [-0.2, -0.15) is 0 Å². The van der Waals surface area contributed by atoms with Crippen LogP contribution in [0.4, 0.5) is 27.5 Å². The van der Waals surface area contributed by atoms with Gasteiger partial charge in [0.25, 0.3) is 5.91 Å². The van der Waals surface area contributed by atoms with E-state index in [0.29, 0.717) is 22.6 Å². The standard InChI is InChI=1S/C38H41N5O7/c1-26-13-11-18-31(21-26)42(4)36(46)25-50-33-20-10-9-19-32(33)43(24-35(45)41(3)30-16-7-6-8-17-30)34(44)23-39-38(48)40-29-15-12-14-28(22-29)27(2)37(47)49-5/h6-22,27H,23-25H2,1-5H3,(H2,39,40,48). The molecule has 0 aliphatic heterocycles. The molecule has 4 rings (SSSR count). The van der Waals surface area contributed by atoms with E-state index in [1.54, 1.807) is 93.8 Å². The number of rotatable bonds is 13. The molecular formula is C38H41N5O7. The summed E-state index contributed by atoms with van der Waals surface area (Å²) in [6, 6.07) is 29.0. The van der Waals surface area contributed by atoms with E-state index in [2.05, 4.69) is 10.6 Å². The number of hydrogen-bond donors (Lipinski definition) is 2. The molecule has 0 spiro atoms. The lowest BCUT2D eigenvalue weighted by molar-refractivity contribution is -0.142. The number of esters is 1. The molecule has 5 amide bonds. The van der Waals surface area contributed by atoms with Crippen molar-refractivity contribution < 1.29 is 33.4 Å². The quantitative estimate of drug-likeness (QED) is 0.187. The van der Waals surface area contributed by atoms with Gasteiger partial charge in [-0.05, 0) is 73.5 Å². The van der Waals surface area contributed by atoms with Crippen LogP contribution in [0.3, 0.4) is 0 Å². The molecule has 1 atom stereocenters. The fourth-order valence-electron chi connectivity index (χ4n) is 4.99. The molecule has 4 aromatic carbocycles. The first-order chi connectivity index (χ1) is 24.0. The van der Waals surface area contributed by atoms with Gasteiger partial charge in [-0.15, -0.1) is 0 Å². The number of carbonyl (C=O) groups is 5. The zero-order chi connectivity index (χ0) is 36.2. The van der Waals surface area contributed by atoms with Crippen LogP contribution >= 0.6 is 0 Å². The van der Waals surface area contributed by atoms with E-state index >= 15 is 0 Å². The number of nitrogens with zero attached hydrogens (tertiary/aromatic N) is 3. The highest BCUT2D eigenvalue weighted by atomic mass is 16.5. The fourth-order valence-corrected chi connectivity index (χ4v) is 4.99. The van der Waals surface area contributed by atoms with Gasteiger partial charge in [-0.3, -0.25) is 24.1 Å². The number of methoxy groups -OCH3 is 1. The summed E-state index contributed by atoms with van der Waals surface area (Å²) in [5.41, 5.74) is 3.60. The molecule has 50 heavy (non-hydrogen) atoms. The van der Waals surface area contributed by atoms with Crippen LogP contribution in [0, 0.1) is 6.92 Å². The minimum Gasteiger partial charge on any atom is -0.482 e. The van der Waals surface area contributed by atoms with Gasteiger partial charge in [0.15, 0.2) is 6.61 Å². The molecule has 0 aliphatic carbocycles. The molecule has 0 saturated heterocycles. The Labute approximate surface area is 291 Å². The highest BCUT2D eigenvalue weighted by Crippen LogP contribution is 2.29. The molecule has 1 unspecified atom stereocenters. The molecule has 260 valence electrons. The third kappa shape index (κ3) is 9.69. The van der Waals surface area contributed by atoms with Crippen molar-refractivity contribution in [3.8, 4) is 5.75 Å². The van der Waals surface area contributed by atoms with Gasteiger partial charge in [-0.1, -0.05) is 54.6 Å². The lowest BCUT2D eigenvalue weighted by Crippen LogP contribution is -2.46. The predicted molar refractivity (Wildman–Crippen MR) is 193 cm³/mol. The number of likely N-dealkylation sites (N-methyl/N-ethyl adjacent to an activating group) is 2. The Morgan fingerprint density at radius 2 is 1.40 bits per heavy atom. The van der Waals surface area contributed by atoms with Crippen molar-refractivity contribution in [2.45, 2.75) is 19.8 Å². The molecule has 0 bridgehead atoms. The Bertz CT molecular complexity index is 1830. The normalized spacial score (nSPS) is 11.1. The maximum Gasteiger partial charge on any atom is 0.319 e. The number of benzene rings is 4. The predicted octanol–water partition coefficient (Wildman–Crippen LogP) is 5.13. The molecule has 2 N–H and O–H groups in total. The van der Waals surface area contributed by atoms with Crippen LogP contribution in [-0.4, -0.2) is 70.6 Å². The van der Waals surface area contributed by atoms with E-state index in [9.17, 15) is 24.0 Å². The number of amides is 5. The van der Waals surface area contributed by atoms with E-state index in [1.165, 1.54) is 21.8 Å². The van der Waals surface area contributed by atoms with Gasteiger partial charge in [0, 0.05) is 31.2 Å². The Balaban J connectivity index is 1.51. The summed E-state index contributed by atoms with van der Waals surface area (Å²) in [5.74, 6) is -2.11. The first kappa shape index (κ1) is 36.7. The van der Waals surface area contributed by atoms with Gasteiger partial charge in [0.05, 0.1) is 25.3 Å². The zero-order valence-electron chi connectivity index (χ0n) is 28.7. The van der Waals surface area contributed by atoms with Crippen LogP contribution in [0.2, 0.25) is 0 Å². The number of hydrogen-bond acceptors (Lipinski definition) is 7. The molecule has 0 aromatic heterocycles. The van der Waals surface area contributed by atoms with Crippen LogP contribution < -0.4 is 30.1 Å². The highest BCUT2D eigenvalue weighted by Gasteiger charge is 2.26. The number of aryl methyl sites for hydroxylation is 1. The second kappa shape index (κ2) is 17.3. The summed E-state index contributed by atoms with van der Waals surface area (Å²) in [5, 5.41) is 5.21. The molecule has 12 nitrogen and oxygen atoms in total. The van der Waals surface area contributed by atoms with Crippen LogP contribution in [0.5, 0.6) is 5.75 Å². The van der Waals surface area contributed by atoms with Crippen molar-refractivity contribution in [1.29, 1.82) is 0 Å². The zero-order valence-corrected chi connectivity index (χ0v) is 28.7. The Morgan fingerprint density at radius 3 is 2.12 bits per heavy atom.